The highest BCUT2D eigenvalue weighted by Gasteiger charge is 2.03. The topological polar surface area (TPSA) is 40.5 Å². The molecule has 0 fully saturated rings. The third-order valence-corrected chi connectivity index (χ3v) is 4.73. The molecular formula is C22H30O2. The normalized spacial score (nSPS) is 10.9. The molecule has 0 aliphatic rings. The van der Waals surface area contributed by atoms with E-state index in [4.69, 9.17) is 0 Å². The average molecular weight is 326 g/mol. The number of phenols is 2. The summed E-state index contributed by atoms with van der Waals surface area (Å²) < 4.78 is 0. The molecule has 0 spiro atoms. The van der Waals surface area contributed by atoms with E-state index < -0.39 is 0 Å². The molecule has 0 unspecified atom stereocenters. The van der Waals surface area contributed by atoms with Crippen molar-refractivity contribution in [2.75, 3.05) is 0 Å². The van der Waals surface area contributed by atoms with Gasteiger partial charge in [0.05, 0.1) is 0 Å². The van der Waals surface area contributed by atoms with Crippen LogP contribution in [0.3, 0.4) is 0 Å². The van der Waals surface area contributed by atoms with Crippen molar-refractivity contribution in [3.8, 4) is 11.5 Å². The second kappa shape index (κ2) is 9.36. The Bertz CT molecular complexity index is 589. The number of hydrogen-bond acceptors (Lipinski definition) is 2. The van der Waals surface area contributed by atoms with Crippen molar-refractivity contribution in [3.63, 3.8) is 0 Å². The maximum Gasteiger partial charge on any atom is 0.118 e. The van der Waals surface area contributed by atoms with Gasteiger partial charge in [-0.25, -0.2) is 0 Å². The molecule has 0 aromatic heterocycles. The van der Waals surface area contributed by atoms with Crippen molar-refractivity contribution in [1.29, 1.82) is 0 Å². The molecule has 0 aliphatic heterocycles. The lowest BCUT2D eigenvalue weighted by molar-refractivity contribution is 0.468. The first-order valence-corrected chi connectivity index (χ1v) is 9.25. The van der Waals surface area contributed by atoms with Crippen LogP contribution in [0.25, 0.3) is 0 Å². The van der Waals surface area contributed by atoms with E-state index in [1.807, 2.05) is 24.3 Å². The third-order valence-electron chi connectivity index (χ3n) is 4.73. The number of rotatable bonds is 9. The highest BCUT2D eigenvalue weighted by molar-refractivity contribution is 5.37. The summed E-state index contributed by atoms with van der Waals surface area (Å²) in [7, 11) is 0. The van der Waals surface area contributed by atoms with Crippen LogP contribution < -0.4 is 0 Å². The van der Waals surface area contributed by atoms with Crippen LogP contribution in [0.1, 0.15) is 61.8 Å². The van der Waals surface area contributed by atoms with Gasteiger partial charge < -0.3 is 10.2 Å². The monoisotopic (exact) mass is 326 g/mol. The van der Waals surface area contributed by atoms with E-state index >= 15 is 0 Å². The maximum absolute atomic E-state index is 9.72. The number of aromatic hydroxyl groups is 2. The molecule has 0 amide bonds. The molecule has 0 aliphatic carbocycles. The van der Waals surface area contributed by atoms with Crippen LogP contribution in [0.4, 0.5) is 0 Å². The maximum atomic E-state index is 9.72. The van der Waals surface area contributed by atoms with Crippen LogP contribution in [-0.4, -0.2) is 10.2 Å². The first-order valence-electron chi connectivity index (χ1n) is 9.25. The van der Waals surface area contributed by atoms with Gasteiger partial charge in [-0.1, -0.05) is 51.0 Å². The molecule has 2 nitrogen and oxygen atoms in total. The first kappa shape index (κ1) is 18.4. The molecule has 2 aromatic carbocycles. The zero-order valence-electron chi connectivity index (χ0n) is 15.0. The minimum atomic E-state index is 0.418. The standard InChI is InChI=1S/C22H30O2/c1-3-19-15-17(11-13-21(19)23)9-7-5-6-8-10-18-12-14-22(24)20(4-2)16-18/h11-16,23-24H,3-10H2,1-2H3. The van der Waals surface area contributed by atoms with Crippen molar-refractivity contribution >= 4 is 0 Å². The predicted molar refractivity (Wildman–Crippen MR) is 101 cm³/mol. The molecule has 2 rings (SSSR count). The number of unbranched alkanes of at least 4 members (excludes halogenated alkanes) is 3. The molecule has 0 atom stereocenters. The zero-order valence-corrected chi connectivity index (χ0v) is 15.0. The fourth-order valence-corrected chi connectivity index (χ4v) is 3.17. The van der Waals surface area contributed by atoms with E-state index in [0.29, 0.717) is 11.5 Å². The second-order valence-corrected chi connectivity index (χ2v) is 6.55. The second-order valence-electron chi connectivity index (χ2n) is 6.55. The van der Waals surface area contributed by atoms with Gasteiger partial charge in [0.25, 0.3) is 0 Å². The Kier molecular flexibility index (Phi) is 7.17. The molecule has 2 aromatic rings. The zero-order chi connectivity index (χ0) is 17.4. The molecule has 24 heavy (non-hydrogen) atoms. The summed E-state index contributed by atoms with van der Waals surface area (Å²) in [6, 6.07) is 12.0. The summed E-state index contributed by atoms with van der Waals surface area (Å²) in [5.74, 6) is 0.836. The van der Waals surface area contributed by atoms with Crippen molar-refractivity contribution in [1.82, 2.24) is 0 Å². The Morgan fingerprint density at radius 1 is 0.625 bits per heavy atom. The van der Waals surface area contributed by atoms with Crippen LogP contribution in [-0.2, 0) is 25.7 Å². The lowest BCUT2D eigenvalue weighted by Gasteiger charge is -2.07. The van der Waals surface area contributed by atoms with Crippen LogP contribution in [0.15, 0.2) is 36.4 Å². The van der Waals surface area contributed by atoms with Crippen molar-refractivity contribution < 1.29 is 10.2 Å². The lowest BCUT2D eigenvalue weighted by Crippen LogP contribution is -1.91. The van der Waals surface area contributed by atoms with Crippen molar-refractivity contribution in [3.05, 3.63) is 58.7 Å². The fraction of sp³-hybridized carbons (Fsp3) is 0.455. The van der Waals surface area contributed by atoms with E-state index in [2.05, 4.69) is 26.0 Å². The first-order chi connectivity index (χ1) is 11.6. The minimum Gasteiger partial charge on any atom is -0.508 e. The molecule has 2 N–H and O–H groups in total. The Morgan fingerprint density at radius 3 is 1.42 bits per heavy atom. The van der Waals surface area contributed by atoms with Crippen molar-refractivity contribution in [2.45, 2.75) is 65.2 Å². The van der Waals surface area contributed by atoms with E-state index in [1.165, 1.54) is 36.8 Å². The number of benzene rings is 2. The molecule has 2 heteroatoms. The summed E-state index contributed by atoms with van der Waals surface area (Å²) in [5.41, 5.74) is 4.75. The van der Waals surface area contributed by atoms with E-state index in [-0.39, 0.29) is 0 Å². The number of aryl methyl sites for hydroxylation is 4. The van der Waals surface area contributed by atoms with Gasteiger partial charge in [0.15, 0.2) is 0 Å². The quantitative estimate of drug-likeness (QED) is 0.592. The largest absolute Gasteiger partial charge is 0.508 e. The summed E-state index contributed by atoms with van der Waals surface area (Å²) in [4.78, 5) is 0. The molecule has 0 radical (unpaired) electrons. The predicted octanol–water partition coefficient (Wildman–Crippen LogP) is 5.57. The average Bonchev–Trinajstić information content (AvgIpc) is 2.60. The van der Waals surface area contributed by atoms with Gasteiger partial charge in [0.2, 0.25) is 0 Å². The van der Waals surface area contributed by atoms with Crippen molar-refractivity contribution in [2.24, 2.45) is 0 Å². The molecule has 0 heterocycles. The molecule has 130 valence electrons. The van der Waals surface area contributed by atoms with Gasteiger partial charge in [0, 0.05) is 0 Å². The third kappa shape index (κ3) is 5.30. The smallest absolute Gasteiger partial charge is 0.118 e. The summed E-state index contributed by atoms with van der Waals surface area (Å²) in [5, 5.41) is 19.4. The summed E-state index contributed by atoms with van der Waals surface area (Å²) in [6.45, 7) is 4.15. The lowest BCUT2D eigenvalue weighted by atomic mass is 10.00. The van der Waals surface area contributed by atoms with E-state index in [0.717, 1.165) is 36.8 Å². The van der Waals surface area contributed by atoms with Gasteiger partial charge in [-0.15, -0.1) is 0 Å². The van der Waals surface area contributed by atoms with Gasteiger partial charge in [-0.2, -0.15) is 0 Å². The van der Waals surface area contributed by atoms with Gasteiger partial charge in [-0.05, 0) is 72.9 Å². The van der Waals surface area contributed by atoms with Gasteiger partial charge in [0.1, 0.15) is 11.5 Å². The fourth-order valence-electron chi connectivity index (χ4n) is 3.17. The summed E-state index contributed by atoms with van der Waals surface area (Å²) in [6.07, 6.45) is 8.81. The van der Waals surface area contributed by atoms with Crippen LogP contribution in [0.2, 0.25) is 0 Å². The van der Waals surface area contributed by atoms with Crippen LogP contribution in [0.5, 0.6) is 11.5 Å². The Balaban J connectivity index is 1.68. The number of hydrogen-bond donors (Lipinski definition) is 2. The SMILES string of the molecule is CCc1cc(CCCCCCc2ccc(O)c(CC)c2)ccc1O. The van der Waals surface area contributed by atoms with Gasteiger partial charge >= 0.3 is 0 Å². The number of phenolic OH excluding ortho intramolecular Hbond substituents is 2. The molecule has 0 saturated heterocycles. The van der Waals surface area contributed by atoms with E-state index in [1.54, 1.807) is 0 Å². The Hall–Kier alpha value is -1.96. The molecular weight excluding hydrogens is 296 g/mol. The molecule has 0 saturated carbocycles. The minimum absolute atomic E-state index is 0.418. The van der Waals surface area contributed by atoms with Gasteiger partial charge in [-0.3, -0.25) is 0 Å². The summed E-state index contributed by atoms with van der Waals surface area (Å²) >= 11 is 0. The van der Waals surface area contributed by atoms with E-state index in [9.17, 15) is 10.2 Å². The Morgan fingerprint density at radius 2 is 1.04 bits per heavy atom. The highest BCUT2D eigenvalue weighted by Crippen LogP contribution is 2.22. The van der Waals surface area contributed by atoms with Crippen LogP contribution >= 0.6 is 0 Å². The van der Waals surface area contributed by atoms with Crippen LogP contribution in [0, 0.1) is 0 Å². The molecule has 0 bridgehead atoms. The Labute approximate surface area is 146 Å². The highest BCUT2D eigenvalue weighted by atomic mass is 16.3.